The Labute approximate surface area is 128 Å². The lowest BCUT2D eigenvalue weighted by Crippen LogP contribution is -2.10. The van der Waals surface area contributed by atoms with Crippen LogP contribution in [0.25, 0.3) is 11.4 Å². The van der Waals surface area contributed by atoms with Gasteiger partial charge < -0.3 is 10.7 Å². The van der Waals surface area contributed by atoms with Crippen LogP contribution in [0.3, 0.4) is 0 Å². The predicted molar refractivity (Wildman–Crippen MR) is 87.7 cm³/mol. The van der Waals surface area contributed by atoms with Crippen molar-refractivity contribution in [2.75, 3.05) is 10.7 Å². The lowest BCUT2D eigenvalue weighted by atomic mass is 10.2. The van der Waals surface area contributed by atoms with Gasteiger partial charge in [-0.15, -0.1) is 0 Å². The Morgan fingerprint density at radius 3 is 2.82 bits per heavy atom. The third-order valence-electron chi connectivity index (χ3n) is 3.57. The minimum atomic E-state index is 0.718. The number of rotatable bonds is 3. The summed E-state index contributed by atoms with van der Waals surface area (Å²) >= 11 is 0. The fraction of sp³-hybridized carbons (Fsp3) is 0.0588. The molecule has 2 aromatic carbocycles. The molecule has 0 saturated heterocycles. The maximum atomic E-state index is 4.58. The lowest BCUT2D eigenvalue weighted by Gasteiger charge is -2.08. The first-order chi connectivity index (χ1) is 10.9. The van der Waals surface area contributed by atoms with Crippen LogP contribution in [0.4, 0.5) is 17.2 Å². The van der Waals surface area contributed by atoms with Gasteiger partial charge in [-0.25, -0.2) is 15.4 Å². The molecule has 1 aromatic heterocycles. The lowest BCUT2D eigenvalue weighted by molar-refractivity contribution is 0.860. The minimum Gasteiger partial charge on any atom is -0.340 e. The second-order valence-electron chi connectivity index (χ2n) is 5.11. The summed E-state index contributed by atoms with van der Waals surface area (Å²) < 4.78 is 0. The Hall–Kier alpha value is -2.92. The van der Waals surface area contributed by atoms with Crippen molar-refractivity contribution in [3.63, 3.8) is 0 Å². The standard InChI is InChI=1S/C17H15N5/c1-2-4-12(5-3-1)17-18-9-8-16(21-17)20-14-6-7-15-13(10-14)11-19-22-15/h1-10,19,22H,11H2,(H,18,20,21). The van der Waals surface area contributed by atoms with E-state index < -0.39 is 0 Å². The summed E-state index contributed by atoms with van der Waals surface area (Å²) in [5.74, 6) is 1.50. The number of benzene rings is 2. The van der Waals surface area contributed by atoms with Gasteiger partial charge in [0.05, 0.1) is 5.69 Å². The molecule has 2 heterocycles. The quantitative estimate of drug-likeness (QED) is 0.690. The summed E-state index contributed by atoms with van der Waals surface area (Å²) in [7, 11) is 0. The van der Waals surface area contributed by atoms with Crippen molar-refractivity contribution in [3.8, 4) is 11.4 Å². The Morgan fingerprint density at radius 1 is 1.00 bits per heavy atom. The third-order valence-corrected chi connectivity index (χ3v) is 3.57. The van der Waals surface area contributed by atoms with Crippen LogP contribution in [0, 0.1) is 0 Å². The fourth-order valence-electron chi connectivity index (χ4n) is 2.48. The van der Waals surface area contributed by atoms with Crippen molar-refractivity contribution in [2.45, 2.75) is 6.54 Å². The summed E-state index contributed by atoms with van der Waals surface area (Å²) in [6.45, 7) is 0.823. The first kappa shape index (κ1) is 12.8. The van der Waals surface area contributed by atoms with Crippen LogP contribution in [-0.4, -0.2) is 9.97 Å². The van der Waals surface area contributed by atoms with Crippen LogP contribution in [-0.2, 0) is 6.54 Å². The molecule has 0 fully saturated rings. The van der Waals surface area contributed by atoms with E-state index in [0.29, 0.717) is 0 Å². The second kappa shape index (κ2) is 5.46. The highest BCUT2D eigenvalue weighted by molar-refractivity contribution is 5.66. The van der Waals surface area contributed by atoms with E-state index in [0.717, 1.165) is 35.1 Å². The third kappa shape index (κ3) is 2.49. The minimum absolute atomic E-state index is 0.718. The summed E-state index contributed by atoms with van der Waals surface area (Å²) in [5.41, 5.74) is 10.6. The number of fused-ring (bicyclic) bond motifs is 1. The molecule has 108 valence electrons. The van der Waals surface area contributed by atoms with Gasteiger partial charge in [0.25, 0.3) is 0 Å². The number of nitrogens with one attached hydrogen (secondary N) is 3. The molecule has 0 unspecified atom stereocenters. The average Bonchev–Trinajstić information content (AvgIpc) is 3.04. The van der Waals surface area contributed by atoms with E-state index in [2.05, 4.69) is 38.3 Å². The average molecular weight is 289 g/mol. The number of hydrazine groups is 1. The van der Waals surface area contributed by atoms with E-state index in [1.165, 1.54) is 5.56 Å². The molecule has 1 aliphatic rings. The number of aromatic nitrogens is 2. The second-order valence-corrected chi connectivity index (χ2v) is 5.11. The monoisotopic (exact) mass is 289 g/mol. The van der Waals surface area contributed by atoms with Gasteiger partial charge in [0, 0.05) is 24.0 Å². The molecule has 1 aliphatic heterocycles. The van der Waals surface area contributed by atoms with E-state index in [4.69, 9.17) is 0 Å². The van der Waals surface area contributed by atoms with Crippen molar-refractivity contribution in [2.24, 2.45) is 0 Å². The molecule has 0 radical (unpaired) electrons. The normalized spacial score (nSPS) is 12.5. The molecule has 0 bridgehead atoms. The highest BCUT2D eigenvalue weighted by Crippen LogP contribution is 2.25. The van der Waals surface area contributed by atoms with Crippen LogP contribution in [0.15, 0.2) is 60.8 Å². The molecule has 22 heavy (non-hydrogen) atoms. The van der Waals surface area contributed by atoms with Crippen LogP contribution in [0.1, 0.15) is 5.56 Å². The number of anilines is 3. The molecule has 0 saturated carbocycles. The molecule has 0 amide bonds. The summed E-state index contributed by atoms with van der Waals surface area (Å²) in [5, 5.41) is 3.34. The summed E-state index contributed by atoms with van der Waals surface area (Å²) in [6.07, 6.45) is 1.77. The van der Waals surface area contributed by atoms with Gasteiger partial charge in [0.1, 0.15) is 5.82 Å². The Kier molecular flexibility index (Phi) is 3.18. The van der Waals surface area contributed by atoms with Crippen LogP contribution in [0.5, 0.6) is 0 Å². The van der Waals surface area contributed by atoms with Gasteiger partial charge in [0.2, 0.25) is 0 Å². The van der Waals surface area contributed by atoms with E-state index in [9.17, 15) is 0 Å². The van der Waals surface area contributed by atoms with Gasteiger partial charge in [-0.3, -0.25) is 0 Å². The van der Waals surface area contributed by atoms with E-state index in [1.807, 2.05) is 42.5 Å². The molecule has 0 aliphatic carbocycles. The molecule has 0 atom stereocenters. The molecule has 3 N–H and O–H groups in total. The number of nitrogens with zero attached hydrogens (tertiary/aromatic N) is 2. The van der Waals surface area contributed by atoms with Gasteiger partial charge in [-0.05, 0) is 29.8 Å². The topological polar surface area (TPSA) is 61.9 Å². The Bertz CT molecular complexity index is 801. The highest BCUT2D eigenvalue weighted by Gasteiger charge is 2.10. The maximum absolute atomic E-state index is 4.58. The predicted octanol–water partition coefficient (Wildman–Crippen LogP) is 3.32. The first-order valence-electron chi connectivity index (χ1n) is 7.16. The summed E-state index contributed by atoms with van der Waals surface area (Å²) in [6, 6.07) is 18.0. The largest absolute Gasteiger partial charge is 0.340 e. The van der Waals surface area contributed by atoms with E-state index in [-0.39, 0.29) is 0 Å². The molecule has 5 nitrogen and oxygen atoms in total. The van der Waals surface area contributed by atoms with Crippen molar-refractivity contribution >= 4 is 17.2 Å². The molecule has 3 aromatic rings. The van der Waals surface area contributed by atoms with Gasteiger partial charge >= 0.3 is 0 Å². The van der Waals surface area contributed by atoms with Gasteiger partial charge in [-0.1, -0.05) is 30.3 Å². The number of hydrogen-bond donors (Lipinski definition) is 3. The molecule has 0 spiro atoms. The van der Waals surface area contributed by atoms with Gasteiger partial charge in [0.15, 0.2) is 5.82 Å². The SMILES string of the molecule is c1ccc(-c2nccc(Nc3ccc4c(c3)CNN4)n2)cc1. The molecular formula is C17H15N5. The number of hydrogen-bond acceptors (Lipinski definition) is 5. The van der Waals surface area contributed by atoms with Crippen molar-refractivity contribution in [3.05, 3.63) is 66.4 Å². The zero-order valence-electron chi connectivity index (χ0n) is 11.9. The first-order valence-corrected chi connectivity index (χ1v) is 7.16. The van der Waals surface area contributed by atoms with Crippen molar-refractivity contribution < 1.29 is 0 Å². The highest BCUT2D eigenvalue weighted by atomic mass is 15.4. The fourth-order valence-corrected chi connectivity index (χ4v) is 2.48. The van der Waals surface area contributed by atoms with Crippen molar-refractivity contribution in [1.29, 1.82) is 0 Å². The zero-order chi connectivity index (χ0) is 14.8. The van der Waals surface area contributed by atoms with E-state index in [1.54, 1.807) is 6.20 Å². The van der Waals surface area contributed by atoms with Crippen molar-refractivity contribution in [1.82, 2.24) is 15.4 Å². The zero-order valence-corrected chi connectivity index (χ0v) is 11.9. The molecular weight excluding hydrogens is 274 g/mol. The Balaban J connectivity index is 1.61. The summed E-state index contributed by atoms with van der Waals surface area (Å²) in [4.78, 5) is 8.92. The van der Waals surface area contributed by atoms with Crippen LogP contribution < -0.4 is 16.2 Å². The Morgan fingerprint density at radius 2 is 1.91 bits per heavy atom. The van der Waals surface area contributed by atoms with Crippen LogP contribution >= 0.6 is 0 Å². The molecule has 5 heteroatoms. The van der Waals surface area contributed by atoms with Gasteiger partial charge in [-0.2, -0.15) is 0 Å². The van der Waals surface area contributed by atoms with Crippen LogP contribution in [0.2, 0.25) is 0 Å². The smallest absolute Gasteiger partial charge is 0.161 e. The molecule has 4 rings (SSSR count). The maximum Gasteiger partial charge on any atom is 0.161 e. The van der Waals surface area contributed by atoms with E-state index >= 15 is 0 Å².